The fraction of sp³-hybridized carbons (Fsp3) is 0.400. The van der Waals surface area contributed by atoms with Crippen molar-refractivity contribution in [3.8, 4) is 0 Å². The predicted octanol–water partition coefficient (Wildman–Crippen LogP) is 2.16. The third-order valence-electron chi connectivity index (χ3n) is 3.02. The highest BCUT2D eigenvalue weighted by Crippen LogP contribution is 2.10. The SMILES string of the molecule is C=C(CNC(C)C(=O)N(C)CC)c1ccccc1. The quantitative estimate of drug-likeness (QED) is 0.834. The summed E-state index contributed by atoms with van der Waals surface area (Å²) in [5.74, 6) is 0.110. The summed E-state index contributed by atoms with van der Waals surface area (Å²) in [6.45, 7) is 9.23. The second kappa shape index (κ2) is 6.97. The monoisotopic (exact) mass is 246 g/mol. The van der Waals surface area contributed by atoms with Crippen molar-refractivity contribution in [3.63, 3.8) is 0 Å². The predicted molar refractivity (Wildman–Crippen MR) is 76.3 cm³/mol. The smallest absolute Gasteiger partial charge is 0.239 e. The van der Waals surface area contributed by atoms with Crippen LogP contribution in [0.3, 0.4) is 0 Å². The van der Waals surface area contributed by atoms with E-state index in [1.807, 2.05) is 51.2 Å². The second-order valence-electron chi connectivity index (χ2n) is 4.42. The lowest BCUT2D eigenvalue weighted by Gasteiger charge is -2.21. The molecule has 1 aromatic carbocycles. The van der Waals surface area contributed by atoms with Gasteiger partial charge in [-0.1, -0.05) is 36.9 Å². The van der Waals surface area contributed by atoms with Crippen molar-refractivity contribution in [1.82, 2.24) is 10.2 Å². The number of carbonyl (C=O) groups is 1. The lowest BCUT2D eigenvalue weighted by Crippen LogP contribution is -2.43. The van der Waals surface area contributed by atoms with Gasteiger partial charge in [0.2, 0.25) is 5.91 Å². The Labute approximate surface area is 109 Å². The maximum Gasteiger partial charge on any atom is 0.239 e. The maximum atomic E-state index is 11.9. The van der Waals surface area contributed by atoms with Gasteiger partial charge in [-0.2, -0.15) is 0 Å². The van der Waals surface area contributed by atoms with E-state index in [-0.39, 0.29) is 11.9 Å². The molecule has 0 radical (unpaired) electrons. The normalized spacial score (nSPS) is 11.9. The molecule has 1 aromatic rings. The molecule has 0 saturated carbocycles. The Kier molecular flexibility index (Phi) is 5.59. The Hall–Kier alpha value is -1.61. The number of amides is 1. The zero-order chi connectivity index (χ0) is 13.5. The molecule has 3 nitrogen and oxygen atoms in total. The van der Waals surface area contributed by atoms with Gasteiger partial charge in [-0.3, -0.25) is 4.79 Å². The van der Waals surface area contributed by atoms with Gasteiger partial charge in [-0.15, -0.1) is 0 Å². The van der Waals surface area contributed by atoms with E-state index in [0.717, 1.165) is 17.7 Å². The topological polar surface area (TPSA) is 32.3 Å². The highest BCUT2D eigenvalue weighted by molar-refractivity contribution is 5.81. The number of nitrogens with zero attached hydrogens (tertiary/aromatic N) is 1. The van der Waals surface area contributed by atoms with Crippen LogP contribution in [0.25, 0.3) is 5.57 Å². The number of nitrogens with one attached hydrogen (secondary N) is 1. The van der Waals surface area contributed by atoms with E-state index < -0.39 is 0 Å². The highest BCUT2D eigenvalue weighted by Gasteiger charge is 2.15. The van der Waals surface area contributed by atoms with Crippen LogP contribution in [-0.4, -0.2) is 37.0 Å². The van der Waals surface area contributed by atoms with Crippen LogP contribution in [0.5, 0.6) is 0 Å². The third-order valence-corrected chi connectivity index (χ3v) is 3.02. The fourth-order valence-corrected chi connectivity index (χ4v) is 1.63. The molecule has 0 aliphatic carbocycles. The molecule has 0 spiro atoms. The van der Waals surface area contributed by atoms with E-state index >= 15 is 0 Å². The molecule has 1 rings (SSSR count). The van der Waals surface area contributed by atoms with E-state index in [1.165, 1.54) is 0 Å². The van der Waals surface area contributed by atoms with Crippen LogP contribution in [0.4, 0.5) is 0 Å². The summed E-state index contributed by atoms with van der Waals surface area (Å²) in [5.41, 5.74) is 2.10. The third kappa shape index (κ3) is 4.00. The highest BCUT2D eigenvalue weighted by atomic mass is 16.2. The minimum absolute atomic E-state index is 0.110. The molecule has 1 atom stereocenters. The van der Waals surface area contributed by atoms with E-state index in [4.69, 9.17) is 0 Å². The number of likely N-dealkylation sites (N-methyl/N-ethyl adjacent to an activating group) is 1. The molecule has 3 heteroatoms. The average Bonchev–Trinajstić information content (AvgIpc) is 2.43. The van der Waals surface area contributed by atoms with Gasteiger partial charge in [0.15, 0.2) is 0 Å². The van der Waals surface area contributed by atoms with Crippen LogP contribution in [0, 0.1) is 0 Å². The maximum absolute atomic E-state index is 11.9. The van der Waals surface area contributed by atoms with Crippen molar-refractivity contribution >= 4 is 11.5 Å². The lowest BCUT2D eigenvalue weighted by molar-refractivity contribution is -0.131. The second-order valence-corrected chi connectivity index (χ2v) is 4.42. The van der Waals surface area contributed by atoms with Gasteiger partial charge in [0, 0.05) is 20.1 Å². The van der Waals surface area contributed by atoms with Crippen LogP contribution in [0.1, 0.15) is 19.4 Å². The van der Waals surface area contributed by atoms with E-state index in [9.17, 15) is 4.79 Å². The average molecular weight is 246 g/mol. The minimum Gasteiger partial charge on any atom is -0.345 e. The van der Waals surface area contributed by atoms with Crippen LogP contribution in [0.15, 0.2) is 36.9 Å². The number of hydrogen-bond acceptors (Lipinski definition) is 2. The first kappa shape index (κ1) is 14.5. The van der Waals surface area contributed by atoms with Crippen molar-refractivity contribution in [3.05, 3.63) is 42.5 Å². The molecule has 0 aromatic heterocycles. The summed E-state index contributed by atoms with van der Waals surface area (Å²) < 4.78 is 0. The van der Waals surface area contributed by atoms with Gasteiger partial charge in [0.1, 0.15) is 0 Å². The Morgan fingerprint density at radius 2 is 2.00 bits per heavy atom. The summed E-state index contributed by atoms with van der Waals surface area (Å²) in [7, 11) is 1.81. The molecule has 1 amide bonds. The van der Waals surface area contributed by atoms with E-state index in [2.05, 4.69) is 11.9 Å². The van der Waals surface area contributed by atoms with Crippen LogP contribution in [0.2, 0.25) is 0 Å². The van der Waals surface area contributed by atoms with Crippen molar-refractivity contribution in [2.45, 2.75) is 19.9 Å². The summed E-state index contributed by atoms with van der Waals surface area (Å²) in [4.78, 5) is 13.6. The number of hydrogen-bond donors (Lipinski definition) is 1. The molecular formula is C15H22N2O. The molecule has 0 saturated heterocycles. The van der Waals surface area contributed by atoms with Crippen LogP contribution < -0.4 is 5.32 Å². The first-order valence-corrected chi connectivity index (χ1v) is 6.27. The fourth-order valence-electron chi connectivity index (χ4n) is 1.63. The van der Waals surface area contributed by atoms with Gasteiger partial charge in [-0.25, -0.2) is 0 Å². The molecule has 18 heavy (non-hydrogen) atoms. The van der Waals surface area contributed by atoms with Crippen LogP contribution >= 0.6 is 0 Å². The zero-order valence-electron chi connectivity index (χ0n) is 11.4. The summed E-state index contributed by atoms with van der Waals surface area (Å²) in [6, 6.07) is 9.81. The van der Waals surface area contributed by atoms with Gasteiger partial charge in [-0.05, 0) is 25.0 Å². The first-order valence-electron chi connectivity index (χ1n) is 6.27. The summed E-state index contributed by atoms with van der Waals surface area (Å²) in [5, 5.41) is 3.21. The molecule has 0 bridgehead atoms. The molecule has 0 aliphatic rings. The van der Waals surface area contributed by atoms with E-state index in [1.54, 1.807) is 4.90 Å². The molecular weight excluding hydrogens is 224 g/mol. The van der Waals surface area contributed by atoms with Gasteiger partial charge < -0.3 is 10.2 Å². The molecule has 0 aliphatic heterocycles. The molecule has 0 fully saturated rings. The van der Waals surface area contributed by atoms with Gasteiger partial charge >= 0.3 is 0 Å². The Morgan fingerprint density at radius 3 is 2.56 bits per heavy atom. The largest absolute Gasteiger partial charge is 0.345 e. The van der Waals surface area contributed by atoms with E-state index in [0.29, 0.717) is 6.54 Å². The molecule has 1 N–H and O–H groups in total. The van der Waals surface area contributed by atoms with Gasteiger partial charge in [0.05, 0.1) is 6.04 Å². The first-order chi connectivity index (χ1) is 8.56. The van der Waals surface area contributed by atoms with Crippen molar-refractivity contribution in [1.29, 1.82) is 0 Å². The Balaban J connectivity index is 2.46. The standard InChI is InChI=1S/C15H22N2O/c1-5-17(4)15(18)13(3)16-11-12(2)14-9-7-6-8-10-14/h6-10,13,16H,2,5,11H2,1,3-4H3. The van der Waals surface area contributed by atoms with Crippen LogP contribution in [-0.2, 0) is 4.79 Å². The number of benzene rings is 1. The Bertz CT molecular complexity index is 400. The van der Waals surface area contributed by atoms with Gasteiger partial charge in [0.25, 0.3) is 0 Å². The molecule has 0 heterocycles. The summed E-state index contributed by atoms with van der Waals surface area (Å²) >= 11 is 0. The zero-order valence-corrected chi connectivity index (χ0v) is 11.4. The number of carbonyl (C=O) groups excluding carboxylic acids is 1. The molecule has 98 valence electrons. The summed E-state index contributed by atoms with van der Waals surface area (Å²) in [6.07, 6.45) is 0. The Morgan fingerprint density at radius 1 is 1.39 bits per heavy atom. The minimum atomic E-state index is -0.185. The lowest BCUT2D eigenvalue weighted by atomic mass is 10.1. The van der Waals surface area contributed by atoms with Crippen molar-refractivity contribution in [2.24, 2.45) is 0 Å². The molecule has 1 unspecified atom stereocenters. The number of rotatable bonds is 6. The van der Waals surface area contributed by atoms with Crippen molar-refractivity contribution < 1.29 is 4.79 Å². The van der Waals surface area contributed by atoms with Crippen molar-refractivity contribution in [2.75, 3.05) is 20.1 Å².